The van der Waals surface area contributed by atoms with Crippen LogP contribution in [0.5, 0.6) is 0 Å². The van der Waals surface area contributed by atoms with Crippen molar-refractivity contribution in [3.05, 3.63) is 16.8 Å². The molecule has 2 heterocycles. The van der Waals surface area contributed by atoms with E-state index >= 15 is 0 Å². The van der Waals surface area contributed by atoms with Gasteiger partial charge in [-0.25, -0.2) is 0 Å². The van der Waals surface area contributed by atoms with E-state index in [9.17, 15) is 4.79 Å². The molecule has 3 nitrogen and oxygen atoms in total. The number of anilines is 1. The predicted molar refractivity (Wildman–Crippen MR) is 64.4 cm³/mol. The van der Waals surface area contributed by atoms with Crippen LogP contribution in [0.15, 0.2) is 16.8 Å². The van der Waals surface area contributed by atoms with Gasteiger partial charge in [0.25, 0.3) is 0 Å². The highest BCUT2D eigenvalue weighted by molar-refractivity contribution is 7.99. The summed E-state index contributed by atoms with van der Waals surface area (Å²) in [4.78, 5) is 11.5. The summed E-state index contributed by atoms with van der Waals surface area (Å²) in [5.41, 5.74) is 0.897. The van der Waals surface area contributed by atoms with Crippen LogP contribution in [0.1, 0.15) is 0 Å². The first-order valence-electron chi connectivity index (χ1n) is 4.00. The molecule has 1 atom stereocenters. The SMILES string of the molecule is Cl.O=C(Nc1ccsc1)[C@H]1CSCN1. The summed E-state index contributed by atoms with van der Waals surface area (Å²) in [7, 11) is 0. The van der Waals surface area contributed by atoms with Crippen molar-refractivity contribution in [1.82, 2.24) is 5.32 Å². The Hall–Kier alpha value is -0.230. The number of carbonyl (C=O) groups excluding carboxylic acids is 1. The van der Waals surface area contributed by atoms with Gasteiger partial charge in [0.2, 0.25) is 5.91 Å². The van der Waals surface area contributed by atoms with Gasteiger partial charge in [-0.1, -0.05) is 0 Å². The molecule has 1 aliphatic rings. The van der Waals surface area contributed by atoms with Gasteiger partial charge in [0.05, 0.1) is 11.7 Å². The van der Waals surface area contributed by atoms with E-state index < -0.39 is 0 Å². The average molecular weight is 251 g/mol. The van der Waals surface area contributed by atoms with Gasteiger partial charge in [0, 0.05) is 17.0 Å². The molecule has 1 saturated heterocycles. The van der Waals surface area contributed by atoms with Crippen molar-refractivity contribution >= 4 is 47.1 Å². The second kappa shape index (κ2) is 5.60. The quantitative estimate of drug-likeness (QED) is 0.841. The molecule has 1 aromatic heterocycles. The van der Waals surface area contributed by atoms with E-state index in [1.54, 1.807) is 23.1 Å². The van der Waals surface area contributed by atoms with E-state index in [2.05, 4.69) is 10.6 Å². The van der Waals surface area contributed by atoms with Crippen LogP contribution in [0.3, 0.4) is 0 Å². The summed E-state index contributed by atoms with van der Waals surface area (Å²) in [6, 6.07) is 1.88. The normalized spacial score (nSPS) is 20.1. The van der Waals surface area contributed by atoms with Crippen LogP contribution < -0.4 is 10.6 Å². The molecule has 6 heteroatoms. The largest absolute Gasteiger partial charge is 0.324 e. The van der Waals surface area contributed by atoms with Crippen molar-refractivity contribution in [2.45, 2.75) is 6.04 Å². The van der Waals surface area contributed by atoms with Gasteiger partial charge in [0.15, 0.2) is 0 Å². The molecular formula is C8H11ClN2OS2. The van der Waals surface area contributed by atoms with Crippen molar-refractivity contribution in [2.75, 3.05) is 16.9 Å². The van der Waals surface area contributed by atoms with Gasteiger partial charge in [-0.2, -0.15) is 11.3 Å². The van der Waals surface area contributed by atoms with Crippen molar-refractivity contribution in [3.63, 3.8) is 0 Å². The summed E-state index contributed by atoms with van der Waals surface area (Å²) in [6.45, 7) is 0. The molecule has 0 radical (unpaired) electrons. The molecular weight excluding hydrogens is 240 g/mol. The summed E-state index contributed by atoms with van der Waals surface area (Å²) >= 11 is 3.34. The Morgan fingerprint density at radius 1 is 1.64 bits per heavy atom. The van der Waals surface area contributed by atoms with Crippen LogP contribution in [0.25, 0.3) is 0 Å². The van der Waals surface area contributed by atoms with Crippen LogP contribution in [-0.2, 0) is 4.79 Å². The first-order chi connectivity index (χ1) is 6.36. The Morgan fingerprint density at radius 2 is 2.50 bits per heavy atom. The molecule has 0 bridgehead atoms. The van der Waals surface area contributed by atoms with Crippen molar-refractivity contribution in [1.29, 1.82) is 0 Å². The molecule has 0 spiro atoms. The fourth-order valence-electron chi connectivity index (χ4n) is 1.13. The third-order valence-corrected chi connectivity index (χ3v) is 3.44. The third kappa shape index (κ3) is 2.88. The molecule has 1 amide bonds. The zero-order valence-corrected chi connectivity index (χ0v) is 9.81. The molecule has 0 aromatic carbocycles. The van der Waals surface area contributed by atoms with Gasteiger partial charge in [-0.3, -0.25) is 10.1 Å². The second-order valence-electron chi connectivity index (χ2n) is 2.77. The highest BCUT2D eigenvalue weighted by atomic mass is 35.5. The molecule has 78 valence electrons. The van der Waals surface area contributed by atoms with Crippen molar-refractivity contribution in [3.8, 4) is 0 Å². The van der Waals surface area contributed by atoms with Crippen LogP contribution in [0.2, 0.25) is 0 Å². The van der Waals surface area contributed by atoms with E-state index in [1.807, 2.05) is 16.8 Å². The number of thiophene rings is 1. The Labute approximate surface area is 97.1 Å². The van der Waals surface area contributed by atoms with Crippen LogP contribution in [0.4, 0.5) is 5.69 Å². The molecule has 0 unspecified atom stereocenters. The van der Waals surface area contributed by atoms with Gasteiger partial charge >= 0.3 is 0 Å². The number of thioether (sulfide) groups is 1. The van der Waals surface area contributed by atoms with Crippen LogP contribution >= 0.6 is 35.5 Å². The number of rotatable bonds is 2. The first-order valence-corrected chi connectivity index (χ1v) is 6.10. The number of hydrogen-bond donors (Lipinski definition) is 2. The zero-order valence-electron chi connectivity index (χ0n) is 7.36. The average Bonchev–Trinajstić information content (AvgIpc) is 2.74. The van der Waals surface area contributed by atoms with E-state index in [0.29, 0.717) is 0 Å². The van der Waals surface area contributed by atoms with Crippen molar-refractivity contribution < 1.29 is 4.79 Å². The number of nitrogens with one attached hydrogen (secondary N) is 2. The van der Waals surface area contributed by atoms with Gasteiger partial charge in [0.1, 0.15) is 0 Å². The first kappa shape index (κ1) is 11.8. The molecule has 1 aromatic rings. The highest BCUT2D eigenvalue weighted by Crippen LogP contribution is 2.14. The standard InChI is InChI=1S/C8H10N2OS2.ClH/c11-8(7-4-13-5-9-7)10-6-1-2-12-3-6;/h1-3,7,9H,4-5H2,(H,10,11);1H/t7-;/m1./s1. The van der Waals surface area contributed by atoms with Gasteiger partial charge in [-0.15, -0.1) is 24.2 Å². The Morgan fingerprint density at radius 3 is 3.07 bits per heavy atom. The Bertz CT molecular complexity index is 286. The lowest BCUT2D eigenvalue weighted by atomic mass is 10.3. The third-order valence-electron chi connectivity index (χ3n) is 1.82. The molecule has 14 heavy (non-hydrogen) atoms. The lowest BCUT2D eigenvalue weighted by molar-refractivity contribution is -0.117. The maximum absolute atomic E-state index is 11.5. The second-order valence-corrected chi connectivity index (χ2v) is 4.58. The van der Waals surface area contributed by atoms with E-state index in [4.69, 9.17) is 0 Å². The summed E-state index contributed by atoms with van der Waals surface area (Å²) in [6.07, 6.45) is 0. The topological polar surface area (TPSA) is 41.1 Å². The smallest absolute Gasteiger partial charge is 0.242 e. The van der Waals surface area contributed by atoms with E-state index in [-0.39, 0.29) is 24.4 Å². The summed E-state index contributed by atoms with van der Waals surface area (Å²) < 4.78 is 0. The van der Waals surface area contributed by atoms with Crippen LogP contribution in [-0.4, -0.2) is 23.6 Å². The number of hydrogen-bond acceptors (Lipinski definition) is 4. The number of halogens is 1. The molecule has 2 rings (SSSR count). The van der Waals surface area contributed by atoms with E-state index in [0.717, 1.165) is 17.3 Å². The minimum Gasteiger partial charge on any atom is -0.324 e. The summed E-state index contributed by atoms with van der Waals surface area (Å²) in [5.74, 6) is 1.82. The predicted octanol–water partition coefficient (Wildman–Crippen LogP) is 1.77. The summed E-state index contributed by atoms with van der Waals surface area (Å²) in [5, 5.41) is 9.86. The fourth-order valence-corrected chi connectivity index (χ4v) is 2.66. The molecule has 2 N–H and O–H groups in total. The molecule has 0 aliphatic carbocycles. The monoisotopic (exact) mass is 250 g/mol. The Balaban J connectivity index is 0.000000980. The van der Waals surface area contributed by atoms with Crippen LogP contribution in [0, 0.1) is 0 Å². The highest BCUT2D eigenvalue weighted by Gasteiger charge is 2.22. The van der Waals surface area contributed by atoms with E-state index in [1.165, 1.54) is 0 Å². The molecule has 0 saturated carbocycles. The Kier molecular flexibility index (Phi) is 4.74. The van der Waals surface area contributed by atoms with Gasteiger partial charge < -0.3 is 5.32 Å². The fraction of sp³-hybridized carbons (Fsp3) is 0.375. The lowest BCUT2D eigenvalue weighted by Gasteiger charge is -2.08. The lowest BCUT2D eigenvalue weighted by Crippen LogP contribution is -2.37. The minimum atomic E-state index is -0.0232. The van der Waals surface area contributed by atoms with Crippen molar-refractivity contribution in [2.24, 2.45) is 0 Å². The van der Waals surface area contributed by atoms with Gasteiger partial charge in [-0.05, 0) is 11.4 Å². The number of amides is 1. The molecule has 1 fully saturated rings. The zero-order chi connectivity index (χ0) is 9.10. The molecule has 1 aliphatic heterocycles. The maximum Gasteiger partial charge on any atom is 0.242 e. The number of carbonyl (C=O) groups is 1. The minimum absolute atomic E-state index is 0. The maximum atomic E-state index is 11.5.